The lowest BCUT2D eigenvalue weighted by molar-refractivity contribution is -0.126. The van der Waals surface area contributed by atoms with Crippen LogP contribution in [0.25, 0.3) is 0 Å². The standard InChI is InChI=1S/C14H18ClNO2/c1-10-12(7-8-18-10)14(17)16-9-13(15)11-5-3-2-4-6-11/h2-6,10,12-13H,7-9H2,1H3,(H,16,17). The van der Waals surface area contributed by atoms with E-state index < -0.39 is 0 Å². The second kappa shape index (κ2) is 6.21. The van der Waals surface area contributed by atoms with Crippen molar-refractivity contribution in [3.63, 3.8) is 0 Å². The molecule has 3 atom stereocenters. The molecule has 1 N–H and O–H groups in total. The largest absolute Gasteiger partial charge is 0.378 e. The van der Waals surface area contributed by atoms with Crippen LogP contribution in [0.1, 0.15) is 24.3 Å². The van der Waals surface area contributed by atoms with E-state index in [-0.39, 0.29) is 23.3 Å². The van der Waals surface area contributed by atoms with Crippen LogP contribution < -0.4 is 5.32 Å². The molecule has 18 heavy (non-hydrogen) atoms. The Morgan fingerprint density at radius 1 is 1.50 bits per heavy atom. The summed E-state index contributed by atoms with van der Waals surface area (Å²) in [6.45, 7) is 3.06. The molecule has 1 saturated heterocycles. The Kier molecular flexibility index (Phi) is 4.61. The number of rotatable bonds is 4. The number of nitrogens with one attached hydrogen (secondary N) is 1. The van der Waals surface area contributed by atoms with E-state index in [0.717, 1.165) is 12.0 Å². The molecule has 0 saturated carbocycles. The molecule has 3 unspecified atom stereocenters. The summed E-state index contributed by atoms with van der Waals surface area (Å²) in [5.41, 5.74) is 1.02. The quantitative estimate of drug-likeness (QED) is 0.852. The average molecular weight is 268 g/mol. The van der Waals surface area contributed by atoms with Crippen molar-refractivity contribution < 1.29 is 9.53 Å². The van der Waals surface area contributed by atoms with Crippen LogP contribution in [-0.4, -0.2) is 25.2 Å². The molecule has 1 fully saturated rings. The first-order chi connectivity index (χ1) is 8.68. The molecule has 1 amide bonds. The van der Waals surface area contributed by atoms with Gasteiger partial charge in [-0.05, 0) is 18.9 Å². The second-order valence-electron chi connectivity index (χ2n) is 4.59. The van der Waals surface area contributed by atoms with Gasteiger partial charge in [0.2, 0.25) is 5.91 Å². The normalized spacial score (nSPS) is 24.8. The number of halogens is 1. The molecule has 0 bridgehead atoms. The molecule has 1 aromatic rings. The Hall–Kier alpha value is -1.06. The third-order valence-corrected chi connectivity index (χ3v) is 3.74. The van der Waals surface area contributed by atoms with Gasteiger partial charge in [0.05, 0.1) is 17.4 Å². The van der Waals surface area contributed by atoms with Crippen LogP contribution in [0.4, 0.5) is 0 Å². The molecule has 0 radical (unpaired) electrons. The number of ether oxygens (including phenoxy) is 1. The van der Waals surface area contributed by atoms with E-state index in [0.29, 0.717) is 13.2 Å². The highest BCUT2D eigenvalue weighted by Gasteiger charge is 2.30. The van der Waals surface area contributed by atoms with Gasteiger partial charge in [-0.3, -0.25) is 4.79 Å². The van der Waals surface area contributed by atoms with Crippen molar-refractivity contribution in [1.82, 2.24) is 5.32 Å². The number of benzene rings is 1. The van der Waals surface area contributed by atoms with Crippen molar-refractivity contribution in [2.45, 2.75) is 24.8 Å². The minimum Gasteiger partial charge on any atom is -0.378 e. The maximum Gasteiger partial charge on any atom is 0.225 e. The van der Waals surface area contributed by atoms with Crippen LogP contribution in [0, 0.1) is 5.92 Å². The first-order valence-electron chi connectivity index (χ1n) is 6.27. The summed E-state index contributed by atoms with van der Waals surface area (Å²) in [5.74, 6) is 0.00576. The lowest BCUT2D eigenvalue weighted by Gasteiger charge is -2.16. The van der Waals surface area contributed by atoms with Crippen molar-refractivity contribution in [3.8, 4) is 0 Å². The van der Waals surface area contributed by atoms with Crippen molar-refractivity contribution in [2.75, 3.05) is 13.2 Å². The zero-order valence-corrected chi connectivity index (χ0v) is 11.2. The van der Waals surface area contributed by atoms with Crippen molar-refractivity contribution in [3.05, 3.63) is 35.9 Å². The van der Waals surface area contributed by atoms with Crippen molar-refractivity contribution >= 4 is 17.5 Å². The van der Waals surface area contributed by atoms with Crippen LogP contribution in [0.2, 0.25) is 0 Å². The van der Waals surface area contributed by atoms with E-state index in [2.05, 4.69) is 5.32 Å². The summed E-state index contributed by atoms with van der Waals surface area (Å²) < 4.78 is 5.38. The van der Waals surface area contributed by atoms with E-state index in [4.69, 9.17) is 16.3 Å². The van der Waals surface area contributed by atoms with Gasteiger partial charge < -0.3 is 10.1 Å². The number of carbonyl (C=O) groups is 1. The van der Waals surface area contributed by atoms with E-state index in [1.54, 1.807) is 0 Å². The molecule has 2 rings (SSSR count). The minimum absolute atomic E-state index is 0.00972. The highest BCUT2D eigenvalue weighted by atomic mass is 35.5. The van der Waals surface area contributed by atoms with Gasteiger partial charge in [0.25, 0.3) is 0 Å². The van der Waals surface area contributed by atoms with Crippen LogP contribution >= 0.6 is 11.6 Å². The monoisotopic (exact) mass is 267 g/mol. The van der Waals surface area contributed by atoms with Gasteiger partial charge >= 0.3 is 0 Å². The molecule has 0 spiro atoms. The summed E-state index contributed by atoms with van der Waals surface area (Å²) >= 11 is 6.25. The first-order valence-corrected chi connectivity index (χ1v) is 6.70. The molecule has 1 aromatic carbocycles. The molecule has 98 valence electrons. The van der Waals surface area contributed by atoms with Gasteiger partial charge in [-0.1, -0.05) is 30.3 Å². The van der Waals surface area contributed by atoms with E-state index in [1.165, 1.54) is 0 Å². The smallest absolute Gasteiger partial charge is 0.225 e. The van der Waals surface area contributed by atoms with E-state index >= 15 is 0 Å². The second-order valence-corrected chi connectivity index (χ2v) is 5.12. The Balaban J connectivity index is 1.83. The molecular formula is C14H18ClNO2. The lowest BCUT2D eigenvalue weighted by atomic mass is 10.0. The summed E-state index contributed by atoms with van der Waals surface area (Å²) in [5, 5.41) is 2.72. The van der Waals surface area contributed by atoms with Crippen LogP contribution in [0.3, 0.4) is 0 Å². The van der Waals surface area contributed by atoms with Gasteiger partial charge in [-0.15, -0.1) is 11.6 Å². The third kappa shape index (κ3) is 3.24. The van der Waals surface area contributed by atoms with Crippen LogP contribution in [-0.2, 0) is 9.53 Å². The molecule has 0 aromatic heterocycles. The molecule has 1 aliphatic rings. The Morgan fingerprint density at radius 2 is 2.22 bits per heavy atom. The maximum absolute atomic E-state index is 11.9. The minimum atomic E-state index is -0.187. The summed E-state index contributed by atoms with van der Waals surface area (Å²) in [7, 11) is 0. The fraction of sp³-hybridized carbons (Fsp3) is 0.500. The molecule has 1 heterocycles. The SMILES string of the molecule is CC1OCCC1C(=O)NCC(Cl)c1ccccc1. The fourth-order valence-electron chi connectivity index (χ4n) is 2.18. The zero-order chi connectivity index (χ0) is 13.0. The molecule has 1 aliphatic heterocycles. The maximum atomic E-state index is 11.9. The van der Waals surface area contributed by atoms with E-state index in [9.17, 15) is 4.79 Å². The van der Waals surface area contributed by atoms with Gasteiger partial charge in [-0.25, -0.2) is 0 Å². The van der Waals surface area contributed by atoms with Gasteiger partial charge in [0, 0.05) is 13.2 Å². The van der Waals surface area contributed by atoms with Crippen molar-refractivity contribution in [2.24, 2.45) is 5.92 Å². The number of hydrogen-bond donors (Lipinski definition) is 1. The lowest BCUT2D eigenvalue weighted by Crippen LogP contribution is -2.35. The molecule has 4 heteroatoms. The number of hydrogen-bond acceptors (Lipinski definition) is 2. The Bertz CT molecular complexity index is 396. The summed E-state index contributed by atoms with van der Waals surface area (Å²) in [6.07, 6.45) is 0.807. The topological polar surface area (TPSA) is 38.3 Å². The molecule has 0 aliphatic carbocycles. The van der Waals surface area contributed by atoms with Crippen LogP contribution in [0.5, 0.6) is 0 Å². The van der Waals surface area contributed by atoms with Gasteiger partial charge in [0.1, 0.15) is 0 Å². The Morgan fingerprint density at radius 3 is 2.83 bits per heavy atom. The third-order valence-electron chi connectivity index (χ3n) is 3.33. The average Bonchev–Trinajstić information content (AvgIpc) is 2.83. The highest BCUT2D eigenvalue weighted by molar-refractivity contribution is 6.21. The predicted octanol–water partition coefficient (Wildman–Crippen LogP) is 2.51. The van der Waals surface area contributed by atoms with Gasteiger partial charge in [-0.2, -0.15) is 0 Å². The number of alkyl halides is 1. The van der Waals surface area contributed by atoms with Gasteiger partial charge in [0.15, 0.2) is 0 Å². The summed E-state index contributed by atoms with van der Waals surface area (Å²) in [6, 6.07) is 9.76. The Labute approximate surface area is 112 Å². The van der Waals surface area contributed by atoms with Crippen LogP contribution in [0.15, 0.2) is 30.3 Å². The molecule has 3 nitrogen and oxygen atoms in total. The summed E-state index contributed by atoms with van der Waals surface area (Å²) in [4.78, 5) is 11.9. The first kappa shape index (κ1) is 13.4. The van der Waals surface area contributed by atoms with E-state index in [1.807, 2.05) is 37.3 Å². The number of amides is 1. The highest BCUT2D eigenvalue weighted by Crippen LogP contribution is 2.22. The number of carbonyl (C=O) groups excluding carboxylic acids is 1. The molecular weight excluding hydrogens is 250 g/mol. The predicted molar refractivity (Wildman–Crippen MR) is 71.6 cm³/mol. The van der Waals surface area contributed by atoms with Crippen molar-refractivity contribution in [1.29, 1.82) is 0 Å². The fourth-order valence-corrected chi connectivity index (χ4v) is 2.40. The zero-order valence-electron chi connectivity index (χ0n) is 10.4.